The fourth-order valence-electron chi connectivity index (χ4n) is 2.00. The number of carbonyl (C=O) groups is 2. The number of fused-ring (bicyclic) bond motifs is 1. The van der Waals surface area contributed by atoms with Crippen LogP contribution in [0, 0.1) is 0 Å². The summed E-state index contributed by atoms with van der Waals surface area (Å²) >= 11 is 0. The maximum atomic E-state index is 12.0. The summed E-state index contributed by atoms with van der Waals surface area (Å²) < 4.78 is 0. The Kier molecular flexibility index (Phi) is 3.13. The number of para-hydroxylation sites is 1. The molecule has 1 aliphatic heterocycles. The zero-order valence-corrected chi connectivity index (χ0v) is 10.1. The lowest BCUT2D eigenvalue weighted by molar-refractivity contribution is -0.137. The SMILES string of the molecule is CC(C)NC(=O)C(=O)N1CCc2ccccc21. The van der Waals surface area contributed by atoms with Crippen molar-refractivity contribution in [1.82, 2.24) is 5.32 Å². The van der Waals surface area contributed by atoms with Crippen molar-refractivity contribution in [2.45, 2.75) is 26.3 Å². The number of nitrogens with zero attached hydrogens (tertiary/aromatic N) is 1. The predicted octanol–water partition coefficient (Wildman–Crippen LogP) is 1.10. The Bertz CT molecular complexity index is 454. The monoisotopic (exact) mass is 232 g/mol. The summed E-state index contributed by atoms with van der Waals surface area (Å²) in [6.45, 7) is 4.26. The van der Waals surface area contributed by atoms with Gasteiger partial charge < -0.3 is 10.2 Å². The molecule has 0 fully saturated rings. The molecule has 1 aliphatic rings. The van der Waals surface area contributed by atoms with Gasteiger partial charge in [-0.25, -0.2) is 0 Å². The number of nitrogens with one attached hydrogen (secondary N) is 1. The molecule has 2 rings (SSSR count). The van der Waals surface area contributed by atoms with Crippen LogP contribution >= 0.6 is 0 Å². The molecule has 1 N–H and O–H groups in total. The van der Waals surface area contributed by atoms with Crippen molar-refractivity contribution in [2.24, 2.45) is 0 Å². The van der Waals surface area contributed by atoms with Crippen molar-refractivity contribution < 1.29 is 9.59 Å². The highest BCUT2D eigenvalue weighted by Gasteiger charge is 2.28. The van der Waals surface area contributed by atoms with Gasteiger partial charge in [0.2, 0.25) is 0 Å². The molecule has 0 unspecified atom stereocenters. The van der Waals surface area contributed by atoms with E-state index in [2.05, 4.69) is 5.32 Å². The normalized spacial score (nSPS) is 13.7. The van der Waals surface area contributed by atoms with Crippen LogP contribution in [0.3, 0.4) is 0 Å². The molecule has 0 aromatic heterocycles. The van der Waals surface area contributed by atoms with E-state index in [1.54, 1.807) is 4.90 Å². The van der Waals surface area contributed by atoms with Gasteiger partial charge in [-0.05, 0) is 31.9 Å². The average molecular weight is 232 g/mol. The summed E-state index contributed by atoms with van der Waals surface area (Å²) in [4.78, 5) is 25.2. The molecule has 0 atom stereocenters. The molecule has 1 aromatic rings. The maximum absolute atomic E-state index is 12.0. The summed E-state index contributed by atoms with van der Waals surface area (Å²) in [7, 11) is 0. The number of amides is 2. The Morgan fingerprint density at radius 1 is 1.29 bits per heavy atom. The molecule has 17 heavy (non-hydrogen) atoms. The van der Waals surface area contributed by atoms with Crippen molar-refractivity contribution in [2.75, 3.05) is 11.4 Å². The van der Waals surface area contributed by atoms with E-state index < -0.39 is 11.8 Å². The third kappa shape index (κ3) is 2.30. The molecule has 1 aromatic carbocycles. The Morgan fingerprint density at radius 3 is 2.71 bits per heavy atom. The molecule has 1 heterocycles. The van der Waals surface area contributed by atoms with Gasteiger partial charge in [0.05, 0.1) is 0 Å². The quantitative estimate of drug-likeness (QED) is 0.737. The minimum atomic E-state index is -0.531. The minimum Gasteiger partial charge on any atom is -0.346 e. The average Bonchev–Trinajstić information content (AvgIpc) is 2.70. The second kappa shape index (κ2) is 4.57. The Labute approximate surface area is 101 Å². The van der Waals surface area contributed by atoms with Gasteiger partial charge in [-0.3, -0.25) is 9.59 Å². The van der Waals surface area contributed by atoms with Gasteiger partial charge >= 0.3 is 11.8 Å². The number of rotatable bonds is 1. The summed E-state index contributed by atoms with van der Waals surface area (Å²) in [5.41, 5.74) is 1.98. The van der Waals surface area contributed by atoms with E-state index in [9.17, 15) is 9.59 Å². The van der Waals surface area contributed by atoms with Gasteiger partial charge in [0.25, 0.3) is 0 Å². The number of benzene rings is 1. The molecule has 0 bridgehead atoms. The largest absolute Gasteiger partial charge is 0.346 e. The fourth-order valence-corrected chi connectivity index (χ4v) is 2.00. The van der Waals surface area contributed by atoms with Crippen molar-refractivity contribution in [3.8, 4) is 0 Å². The van der Waals surface area contributed by atoms with Crippen LogP contribution in [0.4, 0.5) is 5.69 Å². The zero-order valence-electron chi connectivity index (χ0n) is 10.1. The fraction of sp³-hybridized carbons (Fsp3) is 0.385. The second-order valence-corrected chi connectivity index (χ2v) is 4.46. The Morgan fingerprint density at radius 2 is 2.00 bits per heavy atom. The molecule has 0 radical (unpaired) electrons. The van der Waals surface area contributed by atoms with Crippen LogP contribution in [0.15, 0.2) is 24.3 Å². The molecule has 0 aliphatic carbocycles. The van der Waals surface area contributed by atoms with Gasteiger partial charge in [0.1, 0.15) is 0 Å². The smallest absolute Gasteiger partial charge is 0.316 e. The van der Waals surface area contributed by atoms with E-state index in [-0.39, 0.29) is 6.04 Å². The van der Waals surface area contributed by atoms with Crippen LogP contribution in [-0.2, 0) is 16.0 Å². The van der Waals surface area contributed by atoms with Crippen LogP contribution in [0.5, 0.6) is 0 Å². The number of carbonyl (C=O) groups excluding carboxylic acids is 2. The Hall–Kier alpha value is -1.84. The standard InChI is InChI=1S/C13H16N2O2/c1-9(2)14-12(16)13(17)15-8-7-10-5-3-4-6-11(10)15/h3-6,9H,7-8H2,1-2H3,(H,14,16). The van der Waals surface area contributed by atoms with E-state index in [1.807, 2.05) is 38.1 Å². The third-order valence-electron chi connectivity index (χ3n) is 2.75. The lowest BCUT2D eigenvalue weighted by Gasteiger charge is -2.17. The Balaban J connectivity index is 2.15. The first kappa shape index (κ1) is 11.6. The first-order valence-corrected chi connectivity index (χ1v) is 5.80. The number of anilines is 1. The molecule has 0 spiro atoms. The van der Waals surface area contributed by atoms with Crippen molar-refractivity contribution in [3.05, 3.63) is 29.8 Å². The van der Waals surface area contributed by atoms with Crippen molar-refractivity contribution in [3.63, 3.8) is 0 Å². The lowest BCUT2D eigenvalue weighted by atomic mass is 10.2. The number of hydrogen-bond acceptors (Lipinski definition) is 2. The maximum Gasteiger partial charge on any atom is 0.316 e. The topological polar surface area (TPSA) is 49.4 Å². The summed E-state index contributed by atoms with van der Waals surface area (Å²) in [6, 6.07) is 7.67. The van der Waals surface area contributed by atoms with Crippen molar-refractivity contribution in [1.29, 1.82) is 0 Å². The van der Waals surface area contributed by atoms with E-state index in [0.29, 0.717) is 6.54 Å². The number of hydrogen-bond donors (Lipinski definition) is 1. The van der Waals surface area contributed by atoms with Gasteiger partial charge in [0, 0.05) is 18.3 Å². The zero-order chi connectivity index (χ0) is 12.4. The molecular formula is C13H16N2O2. The van der Waals surface area contributed by atoms with Crippen LogP contribution in [0.1, 0.15) is 19.4 Å². The first-order valence-electron chi connectivity index (χ1n) is 5.80. The van der Waals surface area contributed by atoms with Crippen LogP contribution in [-0.4, -0.2) is 24.4 Å². The highest BCUT2D eigenvalue weighted by molar-refractivity contribution is 6.40. The van der Waals surface area contributed by atoms with Crippen molar-refractivity contribution >= 4 is 17.5 Å². The predicted molar refractivity (Wildman–Crippen MR) is 65.8 cm³/mol. The third-order valence-corrected chi connectivity index (χ3v) is 2.75. The lowest BCUT2D eigenvalue weighted by Crippen LogP contribution is -2.44. The molecule has 90 valence electrons. The molecule has 4 nitrogen and oxygen atoms in total. The van der Waals surface area contributed by atoms with Gasteiger partial charge in [-0.15, -0.1) is 0 Å². The molecule has 2 amide bonds. The highest BCUT2D eigenvalue weighted by Crippen LogP contribution is 2.27. The molecular weight excluding hydrogens is 216 g/mol. The summed E-state index contributed by atoms with van der Waals surface area (Å²) in [5.74, 6) is -1.000. The van der Waals surface area contributed by atoms with Crippen LogP contribution in [0.2, 0.25) is 0 Å². The second-order valence-electron chi connectivity index (χ2n) is 4.46. The van der Waals surface area contributed by atoms with E-state index in [4.69, 9.17) is 0 Å². The van der Waals surface area contributed by atoms with E-state index >= 15 is 0 Å². The molecule has 4 heteroatoms. The van der Waals surface area contributed by atoms with E-state index in [0.717, 1.165) is 17.7 Å². The molecule has 0 saturated heterocycles. The van der Waals surface area contributed by atoms with Gasteiger partial charge in [-0.2, -0.15) is 0 Å². The first-order chi connectivity index (χ1) is 8.09. The van der Waals surface area contributed by atoms with Gasteiger partial charge in [0.15, 0.2) is 0 Å². The highest BCUT2D eigenvalue weighted by atomic mass is 16.2. The van der Waals surface area contributed by atoms with Gasteiger partial charge in [-0.1, -0.05) is 18.2 Å². The van der Waals surface area contributed by atoms with Crippen LogP contribution in [0.25, 0.3) is 0 Å². The van der Waals surface area contributed by atoms with Crippen LogP contribution < -0.4 is 10.2 Å². The summed E-state index contributed by atoms with van der Waals surface area (Å²) in [5, 5.41) is 2.62. The summed E-state index contributed by atoms with van der Waals surface area (Å²) in [6.07, 6.45) is 0.816. The minimum absolute atomic E-state index is 0.0238. The molecule has 0 saturated carbocycles. The van der Waals surface area contributed by atoms with E-state index in [1.165, 1.54) is 0 Å².